The number of halogens is 1. The lowest BCUT2D eigenvalue weighted by Gasteiger charge is -2.21. The third-order valence-electron chi connectivity index (χ3n) is 3.79. The number of hydrogen-bond donors (Lipinski definition) is 2. The van der Waals surface area contributed by atoms with E-state index in [0.717, 1.165) is 5.84 Å². The first-order valence-electron chi connectivity index (χ1n) is 7.05. The molecule has 0 aromatic rings. The molecule has 0 aliphatic carbocycles. The van der Waals surface area contributed by atoms with Crippen molar-refractivity contribution in [3.8, 4) is 0 Å². The van der Waals surface area contributed by atoms with Crippen LogP contribution in [-0.2, 0) is 4.79 Å². The molecule has 7 heteroatoms. The highest BCUT2D eigenvalue weighted by Gasteiger charge is 2.24. The first-order valence-corrected chi connectivity index (χ1v) is 7.05. The number of amidine groups is 1. The van der Waals surface area contributed by atoms with Crippen molar-refractivity contribution in [3.63, 3.8) is 0 Å². The number of rotatable bonds is 2. The lowest BCUT2D eigenvalue weighted by atomic mass is 10.2. The van der Waals surface area contributed by atoms with Crippen molar-refractivity contribution in [1.82, 2.24) is 10.2 Å². The summed E-state index contributed by atoms with van der Waals surface area (Å²) in [5, 5.41) is 2.64. The first kappa shape index (κ1) is 13.8. The number of hydrogen-bond acceptors (Lipinski definition) is 5. The number of amides is 1. The molecule has 3 aliphatic rings. The molecular weight excluding hydrogens is 273 g/mol. The minimum atomic E-state index is -0.757. The molecule has 3 heterocycles. The van der Waals surface area contributed by atoms with E-state index in [2.05, 4.69) is 15.3 Å². The van der Waals surface area contributed by atoms with Crippen LogP contribution < -0.4 is 11.1 Å². The molecule has 21 heavy (non-hydrogen) atoms. The maximum atomic E-state index is 13.2. The van der Waals surface area contributed by atoms with Gasteiger partial charge in [0.15, 0.2) is 0 Å². The summed E-state index contributed by atoms with van der Waals surface area (Å²) in [4.78, 5) is 22.2. The molecule has 0 spiro atoms. The molecule has 2 atom stereocenters. The molecule has 3 N–H and O–H groups in total. The number of carbonyl (C=O) groups is 1. The minimum Gasteiger partial charge on any atom is -0.400 e. The number of carbonyl (C=O) groups excluding carboxylic acids is 1. The highest BCUT2D eigenvalue weighted by atomic mass is 19.1. The Hall–Kier alpha value is -2.18. The SMILES string of the molecule is NC1=C(C=NC2C=CC(N3CC[C@H](F)C3)=NC2)C(=O)NC1. The van der Waals surface area contributed by atoms with Crippen LogP contribution in [0.2, 0.25) is 0 Å². The predicted octanol–water partition coefficient (Wildman–Crippen LogP) is -0.220. The standard InChI is InChI=1S/C14H18FN5O/c15-9-3-4-20(8-9)13-2-1-10(5-18-13)17-6-11-12(16)7-19-14(11)21/h1-2,6,9-10H,3-5,7-8,16H2,(H,19,21)/t9-,10?/m0/s1. The zero-order valence-corrected chi connectivity index (χ0v) is 11.6. The van der Waals surface area contributed by atoms with Gasteiger partial charge in [-0.25, -0.2) is 4.39 Å². The van der Waals surface area contributed by atoms with E-state index in [4.69, 9.17) is 5.73 Å². The second-order valence-corrected chi connectivity index (χ2v) is 5.36. The van der Waals surface area contributed by atoms with E-state index in [9.17, 15) is 9.18 Å². The van der Waals surface area contributed by atoms with Gasteiger partial charge in [0.25, 0.3) is 5.91 Å². The lowest BCUT2D eigenvalue weighted by Crippen LogP contribution is -2.30. The van der Waals surface area contributed by atoms with Crippen LogP contribution in [0.15, 0.2) is 33.4 Å². The monoisotopic (exact) mass is 291 g/mol. The van der Waals surface area contributed by atoms with Crippen LogP contribution in [0.25, 0.3) is 0 Å². The van der Waals surface area contributed by atoms with Gasteiger partial charge in [0.05, 0.1) is 31.2 Å². The Bertz CT molecular complexity index is 566. The predicted molar refractivity (Wildman–Crippen MR) is 79.0 cm³/mol. The van der Waals surface area contributed by atoms with Crippen molar-refractivity contribution in [3.05, 3.63) is 23.4 Å². The Morgan fingerprint density at radius 3 is 3.00 bits per heavy atom. The van der Waals surface area contributed by atoms with Gasteiger partial charge in [0, 0.05) is 18.5 Å². The maximum absolute atomic E-state index is 13.2. The fraction of sp³-hybridized carbons (Fsp3) is 0.500. The molecule has 0 radical (unpaired) electrons. The fourth-order valence-electron chi connectivity index (χ4n) is 2.55. The Morgan fingerprint density at radius 1 is 1.57 bits per heavy atom. The van der Waals surface area contributed by atoms with E-state index in [1.807, 2.05) is 17.1 Å². The molecule has 1 saturated heterocycles. The molecule has 1 fully saturated rings. The first-order chi connectivity index (χ1) is 10.1. The van der Waals surface area contributed by atoms with E-state index < -0.39 is 6.17 Å². The molecular formula is C14H18FN5O. The molecule has 3 rings (SSSR count). The van der Waals surface area contributed by atoms with Gasteiger partial charge in [0.2, 0.25) is 0 Å². The number of alkyl halides is 1. The van der Waals surface area contributed by atoms with Crippen LogP contribution in [0.1, 0.15) is 6.42 Å². The average molecular weight is 291 g/mol. The average Bonchev–Trinajstić information content (AvgIpc) is 3.05. The summed E-state index contributed by atoms with van der Waals surface area (Å²) in [6.07, 6.45) is 5.12. The number of likely N-dealkylation sites (tertiary alicyclic amines) is 1. The Labute approximate surface area is 122 Å². The van der Waals surface area contributed by atoms with E-state index in [0.29, 0.717) is 43.9 Å². The lowest BCUT2D eigenvalue weighted by molar-refractivity contribution is -0.116. The van der Waals surface area contributed by atoms with Crippen LogP contribution in [0.3, 0.4) is 0 Å². The number of nitrogens with zero attached hydrogens (tertiary/aromatic N) is 3. The number of dihydropyridines is 1. The van der Waals surface area contributed by atoms with Gasteiger partial charge in [-0.15, -0.1) is 0 Å². The van der Waals surface area contributed by atoms with Crippen molar-refractivity contribution in [2.45, 2.75) is 18.6 Å². The summed E-state index contributed by atoms with van der Waals surface area (Å²) >= 11 is 0. The molecule has 0 saturated carbocycles. The Balaban J connectivity index is 1.59. The molecule has 1 amide bonds. The summed E-state index contributed by atoms with van der Waals surface area (Å²) in [6, 6.07) is -0.105. The van der Waals surface area contributed by atoms with Crippen molar-refractivity contribution < 1.29 is 9.18 Å². The van der Waals surface area contributed by atoms with E-state index in [1.54, 1.807) is 0 Å². The number of aliphatic imine (C=N–C) groups is 2. The van der Waals surface area contributed by atoms with Crippen LogP contribution in [0, 0.1) is 0 Å². The van der Waals surface area contributed by atoms with Crippen LogP contribution in [0.4, 0.5) is 4.39 Å². The van der Waals surface area contributed by atoms with Gasteiger partial charge in [-0.3, -0.25) is 14.8 Å². The van der Waals surface area contributed by atoms with Gasteiger partial charge in [-0.05, 0) is 12.5 Å². The second kappa shape index (κ2) is 5.67. The molecule has 1 unspecified atom stereocenters. The van der Waals surface area contributed by atoms with Crippen molar-refractivity contribution in [2.24, 2.45) is 15.7 Å². The Morgan fingerprint density at radius 2 is 2.43 bits per heavy atom. The summed E-state index contributed by atoms with van der Waals surface area (Å²) in [5.41, 5.74) is 6.66. The maximum Gasteiger partial charge on any atom is 0.254 e. The number of nitrogens with one attached hydrogen (secondary N) is 1. The topological polar surface area (TPSA) is 83.1 Å². The normalized spacial score (nSPS) is 29.5. The summed E-state index contributed by atoms with van der Waals surface area (Å²) < 4.78 is 13.2. The molecule has 112 valence electrons. The van der Waals surface area contributed by atoms with Crippen molar-refractivity contribution >= 4 is 18.0 Å². The minimum absolute atomic E-state index is 0.105. The third kappa shape index (κ3) is 2.96. The number of nitrogens with two attached hydrogens (primary N) is 1. The smallest absolute Gasteiger partial charge is 0.254 e. The van der Waals surface area contributed by atoms with Crippen LogP contribution in [-0.4, -0.2) is 61.2 Å². The molecule has 6 nitrogen and oxygen atoms in total. The highest BCUT2D eigenvalue weighted by Crippen LogP contribution is 2.15. The second-order valence-electron chi connectivity index (χ2n) is 5.36. The van der Waals surface area contributed by atoms with Crippen LogP contribution >= 0.6 is 0 Å². The fourth-order valence-corrected chi connectivity index (χ4v) is 2.55. The largest absolute Gasteiger partial charge is 0.400 e. The van der Waals surface area contributed by atoms with Gasteiger partial charge in [-0.2, -0.15) is 0 Å². The summed E-state index contributed by atoms with van der Waals surface area (Å²) in [5.74, 6) is 0.630. The van der Waals surface area contributed by atoms with Gasteiger partial charge in [0.1, 0.15) is 12.0 Å². The van der Waals surface area contributed by atoms with Crippen LogP contribution in [0.5, 0.6) is 0 Å². The highest BCUT2D eigenvalue weighted by molar-refractivity contribution is 6.14. The van der Waals surface area contributed by atoms with Crippen molar-refractivity contribution in [1.29, 1.82) is 0 Å². The molecule has 0 bridgehead atoms. The van der Waals surface area contributed by atoms with Crippen molar-refractivity contribution in [2.75, 3.05) is 26.2 Å². The zero-order chi connectivity index (χ0) is 14.8. The quantitative estimate of drug-likeness (QED) is 0.690. The van der Waals surface area contributed by atoms with Gasteiger partial charge >= 0.3 is 0 Å². The van der Waals surface area contributed by atoms with E-state index in [1.165, 1.54) is 6.21 Å². The molecule has 3 aliphatic heterocycles. The third-order valence-corrected chi connectivity index (χ3v) is 3.79. The molecule has 0 aromatic carbocycles. The van der Waals surface area contributed by atoms with E-state index >= 15 is 0 Å². The zero-order valence-electron chi connectivity index (χ0n) is 11.6. The molecule has 0 aromatic heterocycles. The Kier molecular flexibility index (Phi) is 3.72. The van der Waals surface area contributed by atoms with Gasteiger partial charge < -0.3 is 16.0 Å². The summed E-state index contributed by atoms with van der Waals surface area (Å²) in [7, 11) is 0. The summed E-state index contributed by atoms with van der Waals surface area (Å²) in [6.45, 7) is 2.01. The van der Waals surface area contributed by atoms with E-state index in [-0.39, 0.29) is 11.9 Å². The van der Waals surface area contributed by atoms with Gasteiger partial charge in [-0.1, -0.05) is 6.08 Å².